The van der Waals surface area contributed by atoms with Gasteiger partial charge in [-0.05, 0) is 6.08 Å². The average Bonchev–Trinajstić information content (AvgIpc) is 2.15. The van der Waals surface area contributed by atoms with Crippen molar-refractivity contribution in [3.05, 3.63) is 17.9 Å². The van der Waals surface area contributed by atoms with Crippen molar-refractivity contribution in [2.24, 2.45) is 0 Å². The molecular formula is C9H19NO3. The van der Waals surface area contributed by atoms with E-state index in [1.165, 1.54) is 6.08 Å². The highest BCUT2D eigenvalue weighted by Crippen LogP contribution is 2.19. The molecule has 0 saturated carbocycles. The first-order chi connectivity index (χ1) is 6.02. The molecule has 0 aliphatic rings. The van der Waals surface area contributed by atoms with Gasteiger partial charge in [-0.1, -0.05) is 20.4 Å². The van der Waals surface area contributed by atoms with E-state index in [1.54, 1.807) is 13.8 Å². The normalized spacial score (nSPS) is 20.4. The van der Waals surface area contributed by atoms with Crippen molar-refractivity contribution < 1.29 is 14.9 Å². The molecule has 0 radical (unpaired) electrons. The summed E-state index contributed by atoms with van der Waals surface area (Å²) < 4.78 is -1.00. The molecule has 0 amide bonds. The van der Waals surface area contributed by atoms with E-state index >= 15 is 0 Å². The van der Waals surface area contributed by atoms with Crippen LogP contribution in [0.3, 0.4) is 0 Å². The molecule has 13 heavy (non-hydrogen) atoms. The third kappa shape index (κ3) is 2.77. The summed E-state index contributed by atoms with van der Waals surface area (Å²) in [6.45, 7) is 6.89. The molecule has 0 bridgehead atoms. The van der Waals surface area contributed by atoms with Crippen LogP contribution in [0.1, 0.15) is 26.7 Å². The topological polar surface area (TPSA) is 63.5 Å². The van der Waals surface area contributed by atoms with Gasteiger partial charge in [0.25, 0.3) is 0 Å². The zero-order valence-corrected chi connectivity index (χ0v) is 8.31. The minimum absolute atomic E-state index is 0.0318. The molecule has 0 spiro atoms. The second-order valence-electron chi connectivity index (χ2n) is 3.10. The van der Waals surface area contributed by atoms with E-state index in [4.69, 9.17) is 0 Å². The average molecular weight is 189 g/mol. The second kappa shape index (κ2) is 5.34. The predicted octanol–water partition coefficient (Wildman–Crippen LogP) is 0.944. The van der Waals surface area contributed by atoms with E-state index in [0.717, 1.165) is 0 Å². The summed E-state index contributed by atoms with van der Waals surface area (Å²) in [5, 5.41) is 30.9. The number of aliphatic hydroxyl groups excluding tert-OH is 2. The van der Waals surface area contributed by atoms with Crippen molar-refractivity contribution in [3.63, 3.8) is 0 Å². The number of hydroxylamine groups is 3. The highest BCUT2D eigenvalue weighted by Gasteiger charge is 2.30. The fraction of sp³-hybridized carbons (Fsp3) is 0.778. The molecule has 4 nitrogen and oxygen atoms in total. The maximum atomic E-state index is 11.9. The quantitative estimate of drug-likeness (QED) is 0.283. The van der Waals surface area contributed by atoms with E-state index < -0.39 is 17.1 Å². The maximum Gasteiger partial charge on any atom is 0.192 e. The summed E-state index contributed by atoms with van der Waals surface area (Å²) in [7, 11) is 0. The van der Waals surface area contributed by atoms with Crippen LogP contribution in [0.5, 0.6) is 0 Å². The van der Waals surface area contributed by atoms with Crippen LogP contribution in [0.25, 0.3) is 0 Å². The Hall–Kier alpha value is -0.420. The maximum absolute atomic E-state index is 11.9. The standard InChI is InChI=1S/C9H19NO3/c1-4-7-10(13,8(11)5-2)9(12)6-3/h4,8-9,11-12H,1,5-7H2,2-3H3. The summed E-state index contributed by atoms with van der Waals surface area (Å²) >= 11 is 0. The van der Waals surface area contributed by atoms with Gasteiger partial charge in [0.15, 0.2) is 12.5 Å². The summed E-state index contributed by atoms with van der Waals surface area (Å²) in [5.41, 5.74) is 0. The molecule has 0 fully saturated rings. The third-order valence-electron chi connectivity index (χ3n) is 2.15. The van der Waals surface area contributed by atoms with Crippen LogP contribution in [0.4, 0.5) is 0 Å². The zero-order chi connectivity index (χ0) is 10.5. The van der Waals surface area contributed by atoms with Crippen molar-refractivity contribution in [1.82, 2.24) is 0 Å². The minimum atomic E-state index is -1.08. The number of nitrogens with zero attached hydrogens (tertiary/aromatic N) is 1. The van der Waals surface area contributed by atoms with Crippen molar-refractivity contribution in [1.29, 1.82) is 0 Å². The van der Waals surface area contributed by atoms with E-state index in [2.05, 4.69) is 6.58 Å². The van der Waals surface area contributed by atoms with Gasteiger partial charge in [0, 0.05) is 12.8 Å². The lowest BCUT2D eigenvalue weighted by atomic mass is 10.3. The first-order valence-corrected chi connectivity index (χ1v) is 4.58. The van der Waals surface area contributed by atoms with Crippen LogP contribution >= 0.6 is 0 Å². The lowest BCUT2D eigenvalue weighted by Crippen LogP contribution is -2.57. The molecule has 0 aromatic carbocycles. The Kier molecular flexibility index (Phi) is 5.17. The highest BCUT2D eigenvalue weighted by molar-refractivity contribution is 4.68. The Morgan fingerprint density at radius 2 is 1.69 bits per heavy atom. The minimum Gasteiger partial charge on any atom is -0.629 e. The molecule has 0 aromatic heterocycles. The molecule has 0 aromatic rings. The molecule has 0 aliphatic carbocycles. The van der Waals surface area contributed by atoms with Gasteiger partial charge < -0.3 is 20.1 Å². The molecule has 2 unspecified atom stereocenters. The van der Waals surface area contributed by atoms with Gasteiger partial charge in [0.2, 0.25) is 0 Å². The number of rotatable bonds is 6. The number of hydrogen-bond donors (Lipinski definition) is 2. The molecule has 0 saturated heterocycles. The van der Waals surface area contributed by atoms with E-state index in [9.17, 15) is 15.4 Å². The molecule has 0 aliphatic heterocycles. The summed E-state index contributed by atoms with van der Waals surface area (Å²) in [6.07, 6.45) is -0.0750. The van der Waals surface area contributed by atoms with Gasteiger partial charge >= 0.3 is 0 Å². The molecular weight excluding hydrogens is 170 g/mol. The Labute approximate surface area is 79.3 Å². The van der Waals surface area contributed by atoms with Gasteiger partial charge in [-0.3, -0.25) is 0 Å². The van der Waals surface area contributed by atoms with Crippen LogP contribution in [-0.2, 0) is 0 Å². The Bertz CT molecular complexity index is 151. The fourth-order valence-electron chi connectivity index (χ4n) is 1.26. The van der Waals surface area contributed by atoms with Crippen molar-refractivity contribution >= 4 is 0 Å². The monoisotopic (exact) mass is 189 g/mol. The summed E-state index contributed by atoms with van der Waals surface area (Å²) in [6, 6.07) is 0. The Morgan fingerprint density at radius 1 is 1.31 bits per heavy atom. The van der Waals surface area contributed by atoms with Crippen LogP contribution in [0.15, 0.2) is 12.7 Å². The number of aliphatic hydroxyl groups is 2. The van der Waals surface area contributed by atoms with Gasteiger partial charge in [-0.25, -0.2) is 0 Å². The SMILES string of the molecule is C=CC[N+]([O-])(C(O)CC)C(O)CC. The van der Waals surface area contributed by atoms with E-state index in [-0.39, 0.29) is 6.54 Å². The Balaban J connectivity index is 4.59. The second-order valence-corrected chi connectivity index (χ2v) is 3.10. The van der Waals surface area contributed by atoms with Gasteiger partial charge in [-0.15, -0.1) is 0 Å². The Morgan fingerprint density at radius 3 is 1.92 bits per heavy atom. The molecule has 4 heteroatoms. The lowest BCUT2D eigenvalue weighted by molar-refractivity contribution is -0.964. The van der Waals surface area contributed by atoms with Crippen LogP contribution < -0.4 is 0 Å². The van der Waals surface area contributed by atoms with Gasteiger partial charge in [-0.2, -0.15) is 0 Å². The first-order valence-electron chi connectivity index (χ1n) is 4.58. The lowest BCUT2D eigenvalue weighted by Gasteiger charge is -2.48. The number of quaternary nitrogens is 1. The molecule has 2 N–H and O–H groups in total. The summed E-state index contributed by atoms with van der Waals surface area (Å²) in [4.78, 5) is 0. The van der Waals surface area contributed by atoms with Gasteiger partial charge in [0.1, 0.15) is 6.54 Å². The van der Waals surface area contributed by atoms with Crippen LogP contribution in [0, 0.1) is 5.21 Å². The predicted molar refractivity (Wildman–Crippen MR) is 51.3 cm³/mol. The largest absolute Gasteiger partial charge is 0.629 e. The van der Waals surface area contributed by atoms with Crippen molar-refractivity contribution in [2.45, 2.75) is 39.1 Å². The zero-order valence-electron chi connectivity index (χ0n) is 8.31. The van der Waals surface area contributed by atoms with E-state index in [0.29, 0.717) is 12.8 Å². The fourth-order valence-corrected chi connectivity index (χ4v) is 1.26. The smallest absolute Gasteiger partial charge is 0.192 e. The molecule has 2 atom stereocenters. The number of hydrogen-bond acceptors (Lipinski definition) is 3. The third-order valence-corrected chi connectivity index (χ3v) is 2.15. The molecule has 78 valence electrons. The highest BCUT2D eigenvalue weighted by atomic mass is 16.6. The van der Waals surface area contributed by atoms with Crippen LogP contribution in [-0.4, -0.2) is 33.9 Å². The van der Waals surface area contributed by atoms with Crippen molar-refractivity contribution in [3.8, 4) is 0 Å². The van der Waals surface area contributed by atoms with E-state index in [1.807, 2.05) is 0 Å². The first kappa shape index (κ1) is 12.6. The molecule has 0 heterocycles. The van der Waals surface area contributed by atoms with Gasteiger partial charge in [0.05, 0.1) is 0 Å². The molecule has 0 rings (SSSR count). The van der Waals surface area contributed by atoms with Crippen molar-refractivity contribution in [2.75, 3.05) is 6.54 Å². The summed E-state index contributed by atoms with van der Waals surface area (Å²) in [5.74, 6) is 0. The van der Waals surface area contributed by atoms with Crippen LogP contribution in [0.2, 0.25) is 0 Å².